The lowest BCUT2D eigenvalue weighted by molar-refractivity contribution is 0.518. The first kappa shape index (κ1) is 9.85. The lowest BCUT2D eigenvalue weighted by Gasteiger charge is -1.98. The number of aliphatic imine (C=N–C) groups is 1. The molecular weight excluding hydrogens is 180 g/mol. The van der Waals surface area contributed by atoms with E-state index >= 15 is 0 Å². The van der Waals surface area contributed by atoms with Crippen molar-refractivity contribution in [3.63, 3.8) is 0 Å². The summed E-state index contributed by atoms with van der Waals surface area (Å²) in [5, 5.41) is 0. The van der Waals surface area contributed by atoms with Crippen molar-refractivity contribution < 1.29 is 9.53 Å². The van der Waals surface area contributed by atoms with Gasteiger partial charge in [0.05, 0.1) is 6.54 Å². The molecule has 0 fully saturated rings. The van der Waals surface area contributed by atoms with Gasteiger partial charge >= 0.3 is 0 Å². The Labute approximate surface area is 81.4 Å². The summed E-state index contributed by atoms with van der Waals surface area (Å²) in [4.78, 5) is 13.3. The van der Waals surface area contributed by atoms with E-state index in [2.05, 4.69) is 17.1 Å². The van der Waals surface area contributed by atoms with Crippen LogP contribution < -0.4 is 10.5 Å². The second-order valence-electron chi connectivity index (χ2n) is 2.40. The fourth-order valence-corrected chi connectivity index (χ4v) is 0.919. The van der Waals surface area contributed by atoms with Gasteiger partial charge in [-0.3, -0.25) is 0 Å². The molecule has 0 saturated carbocycles. The highest BCUT2D eigenvalue weighted by atomic mass is 16.5. The van der Waals surface area contributed by atoms with Gasteiger partial charge in [0, 0.05) is 6.04 Å². The van der Waals surface area contributed by atoms with E-state index < -0.39 is 0 Å². The Hall–Kier alpha value is -2.24. The molecule has 2 N–H and O–H groups in total. The zero-order valence-corrected chi connectivity index (χ0v) is 7.36. The van der Waals surface area contributed by atoms with Crippen molar-refractivity contribution in [2.24, 2.45) is 10.7 Å². The number of benzene rings is 1. The monoisotopic (exact) mass is 188 g/mol. The highest BCUT2D eigenvalue weighted by molar-refractivity contribution is 5.35. The maximum atomic E-state index is 9.87. The van der Waals surface area contributed by atoms with Gasteiger partial charge in [0.1, 0.15) is 11.9 Å². The summed E-state index contributed by atoms with van der Waals surface area (Å²) in [5.74, 6) is 0.571. The number of ether oxygens (including phenoxy) is 1. The van der Waals surface area contributed by atoms with Gasteiger partial charge in [0.2, 0.25) is 6.08 Å². The predicted octanol–water partition coefficient (Wildman–Crippen LogP) is 0.778. The second kappa shape index (κ2) is 5.41. The van der Waals surface area contributed by atoms with Crippen molar-refractivity contribution in [1.29, 1.82) is 0 Å². The minimum absolute atomic E-state index is 0.288. The normalized spacial score (nSPS) is 8.00. The van der Waals surface area contributed by atoms with E-state index in [1.165, 1.54) is 6.08 Å². The standard InChI is InChI=1S/C10H8N2O2/c11-4-5-14-10-3-1-2-9(6-10)7-12-8-13/h1-3,6H,7,11H2. The molecule has 0 aromatic heterocycles. The van der Waals surface area contributed by atoms with Crippen molar-refractivity contribution in [3.05, 3.63) is 29.8 Å². The Morgan fingerprint density at radius 3 is 3.07 bits per heavy atom. The maximum Gasteiger partial charge on any atom is 0.235 e. The average Bonchev–Trinajstić information content (AvgIpc) is 2.24. The smallest absolute Gasteiger partial charge is 0.235 e. The molecule has 1 aromatic rings. The van der Waals surface area contributed by atoms with Gasteiger partial charge < -0.3 is 10.5 Å². The number of hydrogen-bond acceptors (Lipinski definition) is 4. The molecule has 0 aliphatic rings. The molecule has 0 heterocycles. The zero-order chi connectivity index (χ0) is 10.2. The molecule has 1 aromatic carbocycles. The number of isocyanates is 1. The third kappa shape index (κ3) is 3.02. The molecule has 4 heteroatoms. The third-order valence-electron chi connectivity index (χ3n) is 1.45. The average molecular weight is 188 g/mol. The van der Waals surface area contributed by atoms with Crippen molar-refractivity contribution in [2.45, 2.75) is 6.54 Å². The van der Waals surface area contributed by atoms with Crippen LogP contribution in [0.3, 0.4) is 0 Å². The van der Waals surface area contributed by atoms with Crippen LogP contribution in [0.5, 0.6) is 5.75 Å². The summed E-state index contributed by atoms with van der Waals surface area (Å²) in [6.07, 6.45) is 3.73. The van der Waals surface area contributed by atoms with Gasteiger partial charge in [0.25, 0.3) is 0 Å². The number of nitrogens with zero attached hydrogens (tertiary/aromatic N) is 1. The van der Waals surface area contributed by atoms with Crippen LogP contribution in [0.2, 0.25) is 0 Å². The summed E-state index contributed by atoms with van der Waals surface area (Å²) in [5.41, 5.74) is 5.79. The third-order valence-corrected chi connectivity index (χ3v) is 1.45. The van der Waals surface area contributed by atoms with Gasteiger partial charge in [-0.15, -0.1) is 0 Å². The van der Waals surface area contributed by atoms with Crippen LogP contribution >= 0.6 is 0 Å². The molecular formula is C10H8N2O2. The van der Waals surface area contributed by atoms with Crippen LogP contribution in [0.1, 0.15) is 5.56 Å². The minimum Gasteiger partial charge on any atom is -0.406 e. The number of nitrogens with two attached hydrogens (primary N) is 1. The topological polar surface area (TPSA) is 64.7 Å². The molecule has 0 amide bonds. The lowest BCUT2D eigenvalue weighted by atomic mass is 10.2. The molecule has 14 heavy (non-hydrogen) atoms. The van der Waals surface area contributed by atoms with Crippen molar-refractivity contribution in [1.82, 2.24) is 0 Å². The van der Waals surface area contributed by atoms with Gasteiger partial charge in [-0.05, 0) is 17.7 Å². The Bertz CT molecular complexity index is 412. The van der Waals surface area contributed by atoms with Crippen LogP contribution in [0.15, 0.2) is 29.3 Å². The van der Waals surface area contributed by atoms with E-state index in [9.17, 15) is 4.79 Å². The molecule has 0 spiro atoms. The predicted molar refractivity (Wildman–Crippen MR) is 50.9 cm³/mol. The number of rotatable bonds is 3. The lowest BCUT2D eigenvalue weighted by Crippen LogP contribution is -1.88. The Balaban J connectivity index is 2.76. The van der Waals surface area contributed by atoms with E-state index in [4.69, 9.17) is 10.5 Å². The summed E-state index contributed by atoms with van der Waals surface area (Å²) in [6.45, 7) is 0.288. The molecule has 70 valence electrons. The first-order chi connectivity index (χ1) is 6.86. The minimum atomic E-state index is 0.288. The fraction of sp³-hybridized carbons (Fsp3) is 0.100. The van der Waals surface area contributed by atoms with E-state index in [1.54, 1.807) is 18.2 Å². The summed E-state index contributed by atoms with van der Waals surface area (Å²) >= 11 is 0. The molecule has 0 radical (unpaired) electrons. The molecule has 0 atom stereocenters. The highest BCUT2D eigenvalue weighted by Gasteiger charge is 1.94. The van der Waals surface area contributed by atoms with Gasteiger partial charge in [-0.2, -0.15) is 0 Å². The van der Waals surface area contributed by atoms with E-state index in [0.717, 1.165) is 5.56 Å². The summed E-state index contributed by atoms with van der Waals surface area (Å²) in [7, 11) is 0. The zero-order valence-electron chi connectivity index (χ0n) is 7.36. The van der Waals surface area contributed by atoms with Crippen molar-refractivity contribution in [2.75, 3.05) is 0 Å². The molecule has 0 aliphatic heterocycles. The molecule has 0 unspecified atom stereocenters. The van der Waals surface area contributed by atoms with Crippen LogP contribution in [0, 0.1) is 12.2 Å². The second-order valence-corrected chi connectivity index (χ2v) is 2.40. The van der Waals surface area contributed by atoms with Crippen LogP contribution in [0.25, 0.3) is 0 Å². The quantitative estimate of drug-likeness (QED) is 0.330. The first-order valence-electron chi connectivity index (χ1n) is 3.87. The van der Waals surface area contributed by atoms with Gasteiger partial charge in [0.15, 0.2) is 0 Å². The molecule has 0 saturated heterocycles. The Morgan fingerprint density at radius 1 is 1.50 bits per heavy atom. The van der Waals surface area contributed by atoms with E-state index in [-0.39, 0.29) is 6.54 Å². The van der Waals surface area contributed by atoms with Crippen LogP contribution in [-0.2, 0) is 11.3 Å². The molecule has 4 nitrogen and oxygen atoms in total. The molecule has 1 rings (SSSR count). The molecule has 0 aliphatic carbocycles. The number of carbonyl (C=O) groups excluding carboxylic acids is 1. The Morgan fingerprint density at radius 2 is 2.36 bits per heavy atom. The summed E-state index contributed by atoms with van der Waals surface area (Å²) in [6, 6.07) is 9.19. The van der Waals surface area contributed by atoms with E-state index in [1.807, 2.05) is 6.07 Å². The van der Waals surface area contributed by atoms with Crippen LogP contribution in [0.4, 0.5) is 0 Å². The SMILES string of the molecule is NC#COc1cccc(CN=C=O)c1. The highest BCUT2D eigenvalue weighted by Crippen LogP contribution is 2.13. The van der Waals surface area contributed by atoms with Gasteiger partial charge in [-0.25, -0.2) is 9.79 Å². The maximum absolute atomic E-state index is 9.87. The fourth-order valence-electron chi connectivity index (χ4n) is 0.919. The van der Waals surface area contributed by atoms with Crippen molar-refractivity contribution >= 4 is 6.08 Å². The number of hydrogen-bond donors (Lipinski definition) is 1. The molecule has 0 bridgehead atoms. The van der Waals surface area contributed by atoms with Crippen LogP contribution in [-0.4, -0.2) is 6.08 Å². The summed E-state index contributed by atoms with van der Waals surface area (Å²) < 4.78 is 4.95. The van der Waals surface area contributed by atoms with E-state index in [0.29, 0.717) is 5.75 Å². The largest absolute Gasteiger partial charge is 0.406 e. The first-order valence-corrected chi connectivity index (χ1v) is 3.87. The van der Waals surface area contributed by atoms with Gasteiger partial charge in [-0.1, -0.05) is 12.1 Å². The van der Waals surface area contributed by atoms with Crippen molar-refractivity contribution in [3.8, 4) is 17.9 Å². The Kier molecular flexibility index (Phi) is 3.81.